The van der Waals surface area contributed by atoms with Crippen molar-refractivity contribution >= 4 is 12.3 Å². The molecule has 0 amide bonds. The van der Waals surface area contributed by atoms with Crippen molar-refractivity contribution in [2.45, 2.75) is 6.92 Å². The van der Waals surface area contributed by atoms with Gasteiger partial charge in [0.2, 0.25) is 0 Å². The maximum absolute atomic E-state index is 11.0. The maximum atomic E-state index is 11.0. The summed E-state index contributed by atoms with van der Waals surface area (Å²) in [6.07, 6.45) is 2.36. The van der Waals surface area contributed by atoms with E-state index in [1.54, 1.807) is 37.4 Å². The van der Waals surface area contributed by atoms with E-state index in [1.165, 1.54) is 0 Å². The molecule has 2 aromatic rings. The number of hydrogen-bond donors (Lipinski definition) is 1. The number of rotatable bonds is 3. The number of aromatic carboxylic acids is 1. The maximum Gasteiger partial charge on any atom is 0.337 e. The molecule has 1 N–H and O–H groups in total. The van der Waals surface area contributed by atoms with Crippen molar-refractivity contribution in [2.75, 3.05) is 0 Å². The third-order valence-corrected chi connectivity index (χ3v) is 2.67. The number of aryl methyl sites for hydroxylation is 1. The van der Waals surface area contributed by atoms with Crippen LogP contribution in [0.4, 0.5) is 0 Å². The SMILES string of the molecule is Cc1ncc(-c2cccc(C=O)c2)cc1C(=O)O. The lowest BCUT2D eigenvalue weighted by Gasteiger charge is -2.05. The molecule has 0 aliphatic rings. The van der Waals surface area contributed by atoms with E-state index in [1.807, 2.05) is 6.07 Å². The number of benzene rings is 1. The van der Waals surface area contributed by atoms with Crippen molar-refractivity contribution in [1.82, 2.24) is 4.98 Å². The highest BCUT2D eigenvalue weighted by atomic mass is 16.4. The van der Waals surface area contributed by atoms with Crippen molar-refractivity contribution in [2.24, 2.45) is 0 Å². The lowest BCUT2D eigenvalue weighted by Crippen LogP contribution is -2.02. The van der Waals surface area contributed by atoms with Gasteiger partial charge in [0.05, 0.1) is 11.3 Å². The first-order chi connectivity index (χ1) is 8.61. The van der Waals surface area contributed by atoms with E-state index < -0.39 is 5.97 Å². The molecule has 1 aromatic heterocycles. The van der Waals surface area contributed by atoms with Gasteiger partial charge >= 0.3 is 5.97 Å². The Morgan fingerprint density at radius 3 is 2.72 bits per heavy atom. The molecule has 0 bridgehead atoms. The minimum Gasteiger partial charge on any atom is -0.478 e. The minimum atomic E-state index is -1.01. The van der Waals surface area contributed by atoms with E-state index >= 15 is 0 Å². The zero-order chi connectivity index (χ0) is 13.1. The first kappa shape index (κ1) is 12.0. The summed E-state index contributed by atoms with van der Waals surface area (Å²) in [5.41, 5.74) is 2.64. The summed E-state index contributed by atoms with van der Waals surface area (Å²) in [7, 11) is 0. The second-order valence-corrected chi connectivity index (χ2v) is 3.91. The van der Waals surface area contributed by atoms with Crippen LogP contribution in [0.25, 0.3) is 11.1 Å². The van der Waals surface area contributed by atoms with Crippen molar-refractivity contribution in [3.63, 3.8) is 0 Å². The van der Waals surface area contributed by atoms with E-state index in [0.29, 0.717) is 16.8 Å². The fraction of sp³-hybridized carbons (Fsp3) is 0.0714. The van der Waals surface area contributed by atoms with Gasteiger partial charge in [-0.05, 0) is 24.6 Å². The van der Waals surface area contributed by atoms with Gasteiger partial charge < -0.3 is 5.11 Å². The molecule has 90 valence electrons. The Bertz CT molecular complexity index is 620. The van der Waals surface area contributed by atoms with Gasteiger partial charge in [-0.25, -0.2) is 4.79 Å². The number of carboxylic acids is 1. The fourth-order valence-electron chi connectivity index (χ4n) is 1.70. The molecule has 4 heteroatoms. The number of nitrogens with zero attached hydrogens (tertiary/aromatic N) is 1. The van der Waals surface area contributed by atoms with Gasteiger partial charge in [-0.2, -0.15) is 0 Å². The molecule has 0 aliphatic carbocycles. The molecule has 0 saturated heterocycles. The third kappa shape index (κ3) is 2.27. The topological polar surface area (TPSA) is 67.3 Å². The van der Waals surface area contributed by atoms with Crippen LogP contribution in [0.5, 0.6) is 0 Å². The van der Waals surface area contributed by atoms with Crippen LogP contribution in [0.3, 0.4) is 0 Å². The first-order valence-corrected chi connectivity index (χ1v) is 5.37. The van der Waals surface area contributed by atoms with E-state index in [0.717, 1.165) is 11.8 Å². The Kier molecular flexibility index (Phi) is 3.19. The Labute approximate surface area is 104 Å². The monoisotopic (exact) mass is 241 g/mol. The lowest BCUT2D eigenvalue weighted by atomic mass is 10.0. The molecule has 2 rings (SSSR count). The molecule has 0 spiro atoms. The highest BCUT2D eigenvalue weighted by molar-refractivity contribution is 5.90. The molecule has 0 atom stereocenters. The van der Waals surface area contributed by atoms with Crippen LogP contribution < -0.4 is 0 Å². The van der Waals surface area contributed by atoms with Crippen LogP contribution in [-0.2, 0) is 0 Å². The second kappa shape index (κ2) is 4.79. The third-order valence-electron chi connectivity index (χ3n) is 2.67. The van der Waals surface area contributed by atoms with E-state index in [2.05, 4.69) is 4.98 Å². The summed E-state index contributed by atoms with van der Waals surface area (Å²) in [5.74, 6) is -1.01. The van der Waals surface area contributed by atoms with Crippen LogP contribution in [0.2, 0.25) is 0 Å². The highest BCUT2D eigenvalue weighted by Gasteiger charge is 2.10. The predicted octanol–water partition coefficient (Wildman–Crippen LogP) is 2.57. The number of aromatic nitrogens is 1. The van der Waals surface area contributed by atoms with Crippen LogP contribution in [-0.4, -0.2) is 22.3 Å². The second-order valence-electron chi connectivity index (χ2n) is 3.91. The summed E-state index contributed by atoms with van der Waals surface area (Å²) >= 11 is 0. The Balaban J connectivity index is 2.53. The molecular weight excluding hydrogens is 230 g/mol. The molecule has 1 heterocycles. The average Bonchev–Trinajstić information content (AvgIpc) is 2.39. The van der Waals surface area contributed by atoms with Crippen molar-refractivity contribution in [3.05, 3.63) is 53.3 Å². The normalized spacial score (nSPS) is 10.1. The minimum absolute atomic E-state index is 0.170. The standard InChI is InChI=1S/C14H11NO3/c1-9-13(14(17)18)6-12(7-15-9)11-4-2-3-10(5-11)8-16/h2-8H,1H3,(H,17,18). The lowest BCUT2D eigenvalue weighted by molar-refractivity contribution is 0.0695. The summed E-state index contributed by atoms with van der Waals surface area (Å²) in [6, 6.07) is 8.51. The van der Waals surface area contributed by atoms with Gasteiger partial charge in [-0.1, -0.05) is 18.2 Å². The molecular formula is C14H11NO3. The largest absolute Gasteiger partial charge is 0.478 e. The van der Waals surface area contributed by atoms with E-state index in [9.17, 15) is 9.59 Å². The van der Waals surface area contributed by atoms with Gasteiger partial charge in [0.1, 0.15) is 6.29 Å². The van der Waals surface area contributed by atoms with Gasteiger partial charge in [0.15, 0.2) is 0 Å². The van der Waals surface area contributed by atoms with Crippen LogP contribution in [0.1, 0.15) is 26.4 Å². The summed E-state index contributed by atoms with van der Waals surface area (Å²) in [6.45, 7) is 1.65. The van der Waals surface area contributed by atoms with Crippen molar-refractivity contribution in [3.8, 4) is 11.1 Å². The number of hydrogen-bond acceptors (Lipinski definition) is 3. The average molecular weight is 241 g/mol. The summed E-state index contributed by atoms with van der Waals surface area (Å²) < 4.78 is 0. The van der Waals surface area contributed by atoms with Crippen molar-refractivity contribution < 1.29 is 14.7 Å². The molecule has 0 radical (unpaired) electrons. The van der Waals surface area contributed by atoms with Gasteiger partial charge in [-0.15, -0.1) is 0 Å². The van der Waals surface area contributed by atoms with E-state index in [4.69, 9.17) is 5.11 Å². The van der Waals surface area contributed by atoms with Crippen LogP contribution >= 0.6 is 0 Å². The van der Waals surface area contributed by atoms with Gasteiger partial charge in [-0.3, -0.25) is 9.78 Å². The van der Waals surface area contributed by atoms with Crippen molar-refractivity contribution in [1.29, 1.82) is 0 Å². The number of pyridine rings is 1. The highest BCUT2D eigenvalue weighted by Crippen LogP contribution is 2.21. The molecule has 0 saturated carbocycles. The molecule has 0 aliphatic heterocycles. The quantitative estimate of drug-likeness (QED) is 0.838. The number of carbonyl (C=O) groups excluding carboxylic acids is 1. The Hall–Kier alpha value is -2.49. The summed E-state index contributed by atoms with van der Waals surface area (Å²) in [5, 5.41) is 9.04. The Morgan fingerprint density at radius 2 is 2.06 bits per heavy atom. The van der Waals surface area contributed by atoms with Gasteiger partial charge in [0, 0.05) is 17.3 Å². The molecule has 0 unspecified atom stereocenters. The molecule has 18 heavy (non-hydrogen) atoms. The fourth-order valence-corrected chi connectivity index (χ4v) is 1.70. The molecule has 4 nitrogen and oxygen atoms in total. The number of carbonyl (C=O) groups is 2. The Morgan fingerprint density at radius 1 is 1.28 bits per heavy atom. The predicted molar refractivity (Wildman–Crippen MR) is 66.8 cm³/mol. The zero-order valence-corrected chi connectivity index (χ0v) is 9.75. The summed E-state index contributed by atoms with van der Waals surface area (Å²) in [4.78, 5) is 25.8. The van der Waals surface area contributed by atoms with Gasteiger partial charge in [0.25, 0.3) is 0 Å². The molecule has 1 aromatic carbocycles. The first-order valence-electron chi connectivity index (χ1n) is 5.37. The van der Waals surface area contributed by atoms with Crippen LogP contribution in [0, 0.1) is 6.92 Å². The molecule has 0 fully saturated rings. The smallest absolute Gasteiger partial charge is 0.337 e. The number of carboxylic acid groups (broad SMARTS) is 1. The van der Waals surface area contributed by atoms with Crippen LogP contribution in [0.15, 0.2) is 36.5 Å². The van der Waals surface area contributed by atoms with E-state index in [-0.39, 0.29) is 5.56 Å². The number of aldehydes is 1. The zero-order valence-electron chi connectivity index (χ0n) is 9.75.